The van der Waals surface area contributed by atoms with Gasteiger partial charge in [0.05, 0.1) is 6.10 Å². The maximum Gasteiger partial charge on any atom is 0.0690 e. The van der Waals surface area contributed by atoms with Gasteiger partial charge in [0.15, 0.2) is 0 Å². The van der Waals surface area contributed by atoms with Gasteiger partial charge in [-0.2, -0.15) is 0 Å². The molecule has 17 heavy (non-hydrogen) atoms. The van der Waals surface area contributed by atoms with Gasteiger partial charge < -0.3 is 10.4 Å². The zero-order chi connectivity index (χ0) is 12.8. The van der Waals surface area contributed by atoms with Gasteiger partial charge in [-0.25, -0.2) is 0 Å². The van der Waals surface area contributed by atoms with Crippen LogP contribution in [0.4, 0.5) is 0 Å². The smallest absolute Gasteiger partial charge is 0.0690 e. The summed E-state index contributed by atoms with van der Waals surface area (Å²) in [6, 6.07) is 0.519. The van der Waals surface area contributed by atoms with Gasteiger partial charge in [-0.15, -0.1) is 0 Å². The monoisotopic (exact) mass is 242 g/mol. The first-order valence-corrected chi connectivity index (χ1v) is 7.13. The fourth-order valence-corrected chi connectivity index (χ4v) is 2.36. The molecule has 3 nitrogen and oxygen atoms in total. The molecule has 2 N–H and O–H groups in total. The van der Waals surface area contributed by atoms with Crippen molar-refractivity contribution in [2.45, 2.75) is 52.7 Å². The van der Waals surface area contributed by atoms with E-state index in [1.807, 2.05) is 0 Å². The van der Waals surface area contributed by atoms with Gasteiger partial charge in [-0.05, 0) is 51.6 Å². The number of aliphatic hydroxyl groups is 1. The first kappa shape index (κ1) is 14.9. The number of hydrogen-bond donors (Lipinski definition) is 2. The van der Waals surface area contributed by atoms with Crippen molar-refractivity contribution in [3.8, 4) is 0 Å². The highest BCUT2D eigenvalue weighted by atomic mass is 16.3. The number of rotatable bonds is 6. The van der Waals surface area contributed by atoms with Crippen molar-refractivity contribution in [2.75, 3.05) is 26.2 Å². The highest BCUT2D eigenvalue weighted by Crippen LogP contribution is 2.15. The van der Waals surface area contributed by atoms with Crippen LogP contribution < -0.4 is 5.32 Å². The Morgan fingerprint density at radius 2 is 2.00 bits per heavy atom. The molecule has 1 aliphatic heterocycles. The highest BCUT2D eigenvalue weighted by molar-refractivity contribution is 4.77. The van der Waals surface area contributed by atoms with Crippen molar-refractivity contribution in [1.82, 2.24) is 10.2 Å². The first-order valence-electron chi connectivity index (χ1n) is 7.13. The van der Waals surface area contributed by atoms with Crippen LogP contribution in [0.25, 0.3) is 0 Å². The molecule has 0 radical (unpaired) electrons. The van der Waals surface area contributed by atoms with Crippen LogP contribution in [-0.2, 0) is 0 Å². The van der Waals surface area contributed by atoms with Crippen LogP contribution in [0.15, 0.2) is 0 Å². The molecule has 1 aliphatic rings. The molecule has 0 saturated carbocycles. The molecule has 0 spiro atoms. The number of hydrogen-bond acceptors (Lipinski definition) is 3. The molecular formula is C14H30N2O. The van der Waals surface area contributed by atoms with E-state index in [1.54, 1.807) is 0 Å². The lowest BCUT2D eigenvalue weighted by Crippen LogP contribution is -2.45. The van der Waals surface area contributed by atoms with Gasteiger partial charge in [0, 0.05) is 19.1 Å². The van der Waals surface area contributed by atoms with Crippen molar-refractivity contribution < 1.29 is 5.11 Å². The number of nitrogens with zero attached hydrogens (tertiary/aromatic N) is 1. The van der Waals surface area contributed by atoms with Gasteiger partial charge in [0.1, 0.15) is 0 Å². The van der Waals surface area contributed by atoms with Crippen LogP contribution in [-0.4, -0.2) is 48.3 Å². The molecule has 1 saturated heterocycles. The Kier molecular flexibility index (Phi) is 6.45. The zero-order valence-corrected chi connectivity index (χ0v) is 11.9. The summed E-state index contributed by atoms with van der Waals surface area (Å²) in [6.07, 6.45) is 2.42. The van der Waals surface area contributed by atoms with Crippen LogP contribution in [0.3, 0.4) is 0 Å². The molecule has 0 aromatic carbocycles. The van der Waals surface area contributed by atoms with Crippen molar-refractivity contribution >= 4 is 0 Å². The Morgan fingerprint density at radius 3 is 2.47 bits per heavy atom. The summed E-state index contributed by atoms with van der Waals surface area (Å²) in [5.41, 5.74) is 0. The molecule has 0 amide bonds. The summed E-state index contributed by atoms with van der Waals surface area (Å²) in [4.78, 5) is 2.43. The fourth-order valence-electron chi connectivity index (χ4n) is 2.36. The Labute approximate surface area is 107 Å². The van der Waals surface area contributed by atoms with Gasteiger partial charge in [0.2, 0.25) is 0 Å². The summed E-state index contributed by atoms with van der Waals surface area (Å²) >= 11 is 0. The number of aliphatic hydroxyl groups excluding tert-OH is 1. The van der Waals surface area contributed by atoms with Crippen LogP contribution in [0, 0.1) is 11.8 Å². The second-order valence-electron chi connectivity index (χ2n) is 6.07. The Bertz CT molecular complexity index is 200. The molecule has 102 valence electrons. The fraction of sp³-hybridized carbons (Fsp3) is 1.00. The van der Waals surface area contributed by atoms with Crippen molar-refractivity contribution in [2.24, 2.45) is 11.8 Å². The second-order valence-corrected chi connectivity index (χ2v) is 6.07. The topological polar surface area (TPSA) is 35.5 Å². The average molecular weight is 242 g/mol. The standard InChI is InChI=1S/C14H30N2O/c1-11(2)14(17)10-16(12(3)4)9-13-6-5-7-15-8-13/h11-15,17H,5-10H2,1-4H3. The summed E-state index contributed by atoms with van der Waals surface area (Å²) in [5.74, 6) is 1.10. The minimum atomic E-state index is -0.200. The van der Waals surface area contributed by atoms with E-state index in [0.29, 0.717) is 12.0 Å². The SMILES string of the molecule is CC(C)C(O)CN(CC1CCCNC1)C(C)C. The third-order valence-electron chi connectivity index (χ3n) is 3.81. The third kappa shape index (κ3) is 5.36. The van der Waals surface area contributed by atoms with Crippen LogP contribution >= 0.6 is 0 Å². The number of piperidine rings is 1. The number of nitrogens with one attached hydrogen (secondary N) is 1. The van der Waals surface area contributed by atoms with Gasteiger partial charge in [0.25, 0.3) is 0 Å². The molecule has 0 bridgehead atoms. The second kappa shape index (κ2) is 7.34. The molecular weight excluding hydrogens is 212 g/mol. The minimum Gasteiger partial charge on any atom is -0.392 e. The van der Waals surface area contributed by atoms with E-state index >= 15 is 0 Å². The van der Waals surface area contributed by atoms with Crippen LogP contribution in [0.5, 0.6) is 0 Å². The third-order valence-corrected chi connectivity index (χ3v) is 3.81. The lowest BCUT2D eigenvalue weighted by atomic mass is 9.97. The molecule has 2 atom stereocenters. The zero-order valence-electron chi connectivity index (χ0n) is 11.9. The lowest BCUT2D eigenvalue weighted by molar-refractivity contribution is 0.0533. The molecule has 0 aliphatic carbocycles. The maximum atomic E-state index is 10.0. The van der Waals surface area contributed by atoms with Crippen molar-refractivity contribution in [3.63, 3.8) is 0 Å². The minimum absolute atomic E-state index is 0.200. The van der Waals surface area contributed by atoms with Gasteiger partial charge in [-0.1, -0.05) is 13.8 Å². The Hall–Kier alpha value is -0.120. The molecule has 2 unspecified atom stereocenters. The maximum absolute atomic E-state index is 10.0. The van der Waals surface area contributed by atoms with Crippen molar-refractivity contribution in [3.05, 3.63) is 0 Å². The molecule has 0 aromatic heterocycles. The quantitative estimate of drug-likeness (QED) is 0.744. The van der Waals surface area contributed by atoms with Gasteiger partial charge >= 0.3 is 0 Å². The lowest BCUT2D eigenvalue weighted by Gasteiger charge is -2.34. The predicted molar refractivity (Wildman–Crippen MR) is 73.1 cm³/mol. The van der Waals surface area contributed by atoms with Crippen LogP contribution in [0.2, 0.25) is 0 Å². The molecule has 0 aromatic rings. The normalized spacial score (nSPS) is 23.6. The molecule has 1 rings (SSSR count). The van der Waals surface area contributed by atoms with E-state index < -0.39 is 0 Å². The Morgan fingerprint density at radius 1 is 1.29 bits per heavy atom. The first-order chi connectivity index (χ1) is 8.00. The van der Waals surface area contributed by atoms with E-state index in [1.165, 1.54) is 19.4 Å². The highest BCUT2D eigenvalue weighted by Gasteiger charge is 2.21. The Balaban J connectivity index is 2.41. The molecule has 1 heterocycles. The summed E-state index contributed by atoms with van der Waals surface area (Å²) in [6.45, 7) is 12.9. The molecule has 3 heteroatoms. The van der Waals surface area contributed by atoms with Crippen molar-refractivity contribution in [1.29, 1.82) is 0 Å². The average Bonchev–Trinajstić information content (AvgIpc) is 2.29. The van der Waals surface area contributed by atoms with E-state index in [9.17, 15) is 5.11 Å². The van der Waals surface area contributed by atoms with E-state index in [0.717, 1.165) is 25.6 Å². The van der Waals surface area contributed by atoms with Gasteiger partial charge in [-0.3, -0.25) is 4.90 Å². The summed E-state index contributed by atoms with van der Waals surface area (Å²) < 4.78 is 0. The predicted octanol–water partition coefficient (Wildman–Crippen LogP) is 1.71. The summed E-state index contributed by atoms with van der Waals surface area (Å²) in [5, 5.41) is 13.5. The summed E-state index contributed by atoms with van der Waals surface area (Å²) in [7, 11) is 0. The van der Waals surface area contributed by atoms with E-state index in [-0.39, 0.29) is 6.10 Å². The largest absolute Gasteiger partial charge is 0.392 e. The molecule has 1 fully saturated rings. The van der Waals surface area contributed by atoms with Crippen LogP contribution in [0.1, 0.15) is 40.5 Å². The van der Waals surface area contributed by atoms with E-state index in [2.05, 4.69) is 37.9 Å². The van der Waals surface area contributed by atoms with E-state index in [4.69, 9.17) is 0 Å².